The first-order chi connectivity index (χ1) is 7.28. The number of piperidine rings is 1. The monoisotopic (exact) mass is 228 g/mol. The molecule has 15 heavy (non-hydrogen) atoms. The van der Waals surface area contributed by atoms with Crippen molar-refractivity contribution in [3.63, 3.8) is 0 Å². The molecule has 1 aliphatic rings. The van der Waals surface area contributed by atoms with Crippen LogP contribution >= 0.6 is 11.6 Å². The van der Waals surface area contributed by atoms with Gasteiger partial charge < -0.3 is 0 Å². The number of hydrogen-bond donors (Lipinski definition) is 0. The Kier molecular flexibility index (Phi) is 3.59. The highest BCUT2D eigenvalue weighted by Gasteiger charge is 2.19. The van der Waals surface area contributed by atoms with Crippen LogP contribution in [0.4, 0.5) is 0 Å². The summed E-state index contributed by atoms with van der Waals surface area (Å²) >= 11 is 5.89. The van der Waals surface area contributed by atoms with Crippen molar-refractivity contribution in [1.82, 2.24) is 19.9 Å². The van der Waals surface area contributed by atoms with E-state index in [0.717, 1.165) is 31.2 Å². The van der Waals surface area contributed by atoms with Crippen molar-refractivity contribution in [1.29, 1.82) is 0 Å². The van der Waals surface area contributed by atoms with E-state index >= 15 is 0 Å². The van der Waals surface area contributed by atoms with Gasteiger partial charge in [-0.25, -0.2) is 0 Å². The SMILES string of the molecule is Cn1cc(CN2CCCC(CCl)C2)nn1. The van der Waals surface area contributed by atoms with Crippen molar-refractivity contribution in [2.75, 3.05) is 19.0 Å². The Morgan fingerprint density at radius 1 is 1.60 bits per heavy atom. The third-order valence-corrected chi connectivity index (χ3v) is 3.29. The summed E-state index contributed by atoms with van der Waals surface area (Å²) < 4.78 is 1.75. The molecule has 0 aliphatic carbocycles. The third-order valence-electron chi connectivity index (χ3n) is 2.86. The van der Waals surface area contributed by atoms with Gasteiger partial charge in [-0.1, -0.05) is 5.21 Å². The largest absolute Gasteiger partial charge is 0.297 e. The first-order valence-electron chi connectivity index (χ1n) is 5.41. The van der Waals surface area contributed by atoms with Crippen molar-refractivity contribution >= 4 is 11.6 Å². The number of alkyl halides is 1. The Balaban J connectivity index is 1.88. The number of halogens is 1. The fourth-order valence-corrected chi connectivity index (χ4v) is 2.37. The van der Waals surface area contributed by atoms with Crippen LogP contribution in [0.3, 0.4) is 0 Å². The summed E-state index contributed by atoms with van der Waals surface area (Å²) in [5.41, 5.74) is 1.05. The number of aromatic nitrogens is 3. The van der Waals surface area contributed by atoms with E-state index in [1.807, 2.05) is 13.2 Å². The van der Waals surface area contributed by atoms with E-state index < -0.39 is 0 Å². The third kappa shape index (κ3) is 2.92. The Hall–Kier alpha value is -0.610. The lowest BCUT2D eigenvalue weighted by Gasteiger charge is -2.30. The fourth-order valence-electron chi connectivity index (χ4n) is 2.12. The first kappa shape index (κ1) is 10.9. The molecule has 0 aromatic carbocycles. The van der Waals surface area contributed by atoms with Gasteiger partial charge in [-0.15, -0.1) is 16.7 Å². The molecule has 84 valence electrons. The van der Waals surface area contributed by atoms with Gasteiger partial charge in [-0.3, -0.25) is 9.58 Å². The van der Waals surface area contributed by atoms with Gasteiger partial charge >= 0.3 is 0 Å². The maximum Gasteiger partial charge on any atom is 0.0967 e. The van der Waals surface area contributed by atoms with Gasteiger partial charge in [0.25, 0.3) is 0 Å². The molecular formula is C10H17ClN4. The second-order valence-corrected chi connectivity index (χ2v) is 4.59. The average Bonchev–Trinajstić information content (AvgIpc) is 2.64. The smallest absolute Gasteiger partial charge is 0.0967 e. The highest BCUT2D eigenvalue weighted by atomic mass is 35.5. The molecule has 1 unspecified atom stereocenters. The number of aryl methyl sites for hydroxylation is 1. The average molecular weight is 229 g/mol. The van der Waals surface area contributed by atoms with E-state index in [2.05, 4.69) is 15.2 Å². The lowest BCUT2D eigenvalue weighted by molar-refractivity contribution is 0.176. The molecule has 1 aromatic rings. The molecule has 1 aromatic heterocycles. The summed E-state index contributed by atoms with van der Waals surface area (Å²) in [4.78, 5) is 2.42. The lowest BCUT2D eigenvalue weighted by Crippen LogP contribution is -2.35. The zero-order valence-electron chi connectivity index (χ0n) is 9.06. The molecule has 0 saturated carbocycles. The Bertz CT molecular complexity index is 312. The molecule has 0 spiro atoms. The zero-order chi connectivity index (χ0) is 10.7. The molecule has 2 rings (SSSR count). The standard InChI is InChI=1S/C10H17ClN4/c1-14-7-10(12-13-14)8-15-4-2-3-9(5-11)6-15/h7,9H,2-6,8H2,1H3. The van der Waals surface area contributed by atoms with Crippen molar-refractivity contribution in [3.05, 3.63) is 11.9 Å². The van der Waals surface area contributed by atoms with Gasteiger partial charge in [0.05, 0.1) is 5.69 Å². The van der Waals surface area contributed by atoms with E-state index in [1.54, 1.807) is 4.68 Å². The molecule has 0 radical (unpaired) electrons. The fraction of sp³-hybridized carbons (Fsp3) is 0.800. The molecular weight excluding hydrogens is 212 g/mol. The van der Waals surface area contributed by atoms with Gasteiger partial charge in [-0.2, -0.15) is 0 Å². The van der Waals surface area contributed by atoms with Crippen molar-refractivity contribution in [2.24, 2.45) is 13.0 Å². The molecule has 0 bridgehead atoms. The minimum absolute atomic E-state index is 0.650. The second-order valence-electron chi connectivity index (χ2n) is 4.28. The molecule has 2 heterocycles. The highest BCUT2D eigenvalue weighted by molar-refractivity contribution is 6.18. The number of hydrogen-bond acceptors (Lipinski definition) is 3. The van der Waals surface area contributed by atoms with Crippen molar-refractivity contribution < 1.29 is 0 Å². The normalized spacial score (nSPS) is 23.2. The van der Waals surface area contributed by atoms with Crippen LogP contribution in [0.5, 0.6) is 0 Å². The van der Waals surface area contributed by atoms with Crippen molar-refractivity contribution in [3.8, 4) is 0 Å². The van der Waals surface area contributed by atoms with E-state index in [9.17, 15) is 0 Å². The minimum Gasteiger partial charge on any atom is -0.297 e. The molecule has 1 atom stereocenters. The van der Waals surface area contributed by atoms with Gasteiger partial charge in [-0.05, 0) is 25.3 Å². The van der Waals surface area contributed by atoms with Crippen LogP contribution in [0.1, 0.15) is 18.5 Å². The Morgan fingerprint density at radius 2 is 2.47 bits per heavy atom. The summed E-state index contributed by atoms with van der Waals surface area (Å²) in [5.74, 6) is 1.42. The maximum atomic E-state index is 5.89. The van der Waals surface area contributed by atoms with Gasteiger partial charge in [0.15, 0.2) is 0 Å². The quantitative estimate of drug-likeness (QED) is 0.731. The van der Waals surface area contributed by atoms with Crippen LogP contribution in [0.15, 0.2) is 6.20 Å². The van der Waals surface area contributed by atoms with E-state index in [1.165, 1.54) is 12.8 Å². The number of nitrogens with zero attached hydrogens (tertiary/aromatic N) is 4. The zero-order valence-corrected chi connectivity index (χ0v) is 9.82. The Morgan fingerprint density at radius 3 is 3.13 bits per heavy atom. The molecule has 1 aliphatic heterocycles. The van der Waals surface area contributed by atoms with Crippen LogP contribution in [0.2, 0.25) is 0 Å². The topological polar surface area (TPSA) is 34.0 Å². The summed E-state index contributed by atoms with van der Waals surface area (Å²) in [6, 6.07) is 0. The van der Waals surface area contributed by atoms with E-state index in [0.29, 0.717) is 5.92 Å². The summed E-state index contributed by atoms with van der Waals surface area (Å²) in [6.45, 7) is 3.16. The second kappa shape index (κ2) is 4.94. The van der Waals surface area contributed by atoms with Crippen LogP contribution in [0.25, 0.3) is 0 Å². The maximum absolute atomic E-state index is 5.89. The predicted molar refractivity (Wildman–Crippen MR) is 59.7 cm³/mol. The molecule has 1 fully saturated rings. The minimum atomic E-state index is 0.650. The van der Waals surface area contributed by atoms with Crippen LogP contribution in [-0.4, -0.2) is 38.9 Å². The van der Waals surface area contributed by atoms with Gasteiger partial charge in [0.1, 0.15) is 0 Å². The number of rotatable bonds is 3. The predicted octanol–water partition coefficient (Wildman–Crippen LogP) is 1.27. The highest BCUT2D eigenvalue weighted by Crippen LogP contribution is 2.18. The lowest BCUT2D eigenvalue weighted by atomic mass is 10.00. The van der Waals surface area contributed by atoms with Gasteiger partial charge in [0.2, 0.25) is 0 Å². The van der Waals surface area contributed by atoms with Crippen LogP contribution in [-0.2, 0) is 13.6 Å². The number of likely N-dealkylation sites (tertiary alicyclic amines) is 1. The molecule has 5 heteroatoms. The molecule has 1 saturated heterocycles. The summed E-state index contributed by atoms with van der Waals surface area (Å²) in [5, 5.41) is 8.03. The first-order valence-corrected chi connectivity index (χ1v) is 5.95. The Labute approximate surface area is 95.2 Å². The van der Waals surface area contributed by atoms with Gasteiger partial charge in [0, 0.05) is 32.2 Å². The van der Waals surface area contributed by atoms with E-state index in [-0.39, 0.29) is 0 Å². The molecule has 0 amide bonds. The van der Waals surface area contributed by atoms with Crippen LogP contribution in [0, 0.1) is 5.92 Å². The van der Waals surface area contributed by atoms with Crippen LogP contribution < -0.4 is 0 Å². The summed E-state index contributed by atoms with van der Waals surface area (Å²) in [7, 11) is 1.90. The van der Waals surface area contributed by atoms with E-state index in [4.69, 9.17) is 11.6 Å². The molecule has 4 nitrogen and oxygen atoms in total. The summed E-state index contributed by atoms with van der Waals surface area (Å²) in [6.07, 6.45) is 4.49. The van der Waals surface area contributed by atoms with Crippen molar-refractivity contribution in [2.45, 2.75) is 19.4 Å². The molecule has 0 N–H and O–H groups in total.